The molecule has 1 heterocycles. The molecule has 1 saturated heterocycles. The van der Waals surface area contributed by atoms with Crippen molar-refractivity contribution in [3.63, 3.8) is 0 Å². The van der Waals surface area contributed by atoms with Crippen molar-refractivity contribution in [2.24, 2.45) is 0 Å². The second-order valence-electron chi connectivity index (χ2n) is 8.70. The van der Waals surface area contributed by atoms with E-state index in [1.165, 1.54) is 17.7 Å². The Bertz CT molecular complexity index is 1220. The van der Waals surface area contributed by atoms with E-state index in [1.54, 1.807) is 12.1 Å². The first kappa shape index (κ1) is 25.1. The Balaban J connectivity index is 1.34. The number of nitrogens with one attached hydrogen (secondary N) is 2. The smallest absolute Gasteiger partial charge is 0.255 e. The quantitative estimate of drug-likeness (QED) is 0.477. The summed E-state index contributed by atoms with van der Waals surface area (Å²) in [5.74, 6) is -0.353. The van der Waals surface area contributed by atoms with Crippen LogP contribution in [0.1, 0.15) is 28.4 Å². The van der Waals surface area contributed by atoms with E-state index in [-0.39, 0.29) is 22.9 Å². The number of nitrogens with zero attached hydrogens (tertiary/aromatic N) is 2. The van der Waals surface area contributed by atoms with Gasteiger partial charge in [-0.2, -0.15) is 0 Å². The highest BCUT2D eigenvalue weighted by Crippen LogP contribution is 2.16. The fourth-order valence-electron chi connectivity index (χ4n) is 4.08. The second kappa shape index (κ2) is 11.6. The van der Waals surface area contributed by atoms with Crippen LogP contribution in [0.25, 0.3) is 0 Å². The molecule has 1 fully saturated rings. The van der Waals surface area contributed by atoms with E-state index < -0.39 is 10.0 Å². The molecule has 4 rings (SSSR count). The average molecular weight is 493 g/mol. The molecule has 7 nitrogen and oxygen atoms in total. The number of hydrogen-bond donors (Lipinski definition) is 2. The van der Waals surface area contributed by atoms with Crippen LogP contribution in [0.3, 0.4) is 0 Å². The first-order valence-corrected chi connectivity index (χ1v) is 13.4. The molecule has 0 aromatic heterocycles. The predicted octanol–water partition coefficient (Wildman–Crippen LogP) is 3.55. The molecule has 1 amide bonds. The Morgan fingerprint density at radius 3 is 2.20 bits per heavy atom. The third-order valence-electron chi connectivity index (χ3n) is 6.25. The molecule has 35 heavy (non-hydrogen) atoms. The monoisotopic (exact) mass is 492 g/mol. The van der Waals surface area contributed by atoms with Crippen molar-refractivity contribution in [2.45, 2.75) is 24.9 Å². The molecule has 8 heteroatoms. The van der Waals surface area contributed by atoms with E-state index >= 15 is 0 Å². The SMILES string of the molecule is CCN1CCN(Cc2ccc(NC(=O)c3cccc(S(=O)(=O)NCc4ccccc4)c3)cc2)CC1. The molecular formula is C27H32N4O3S. The molecule has 0 aliphatic carbocycles. The highest BCUT2D eigenvalue weighted by atomic mass is 32.2. The van der Waals surface area contributed by atoms with Gasteiger partial charge in [0, 0.05) is 50.5 Å². The van der Waals surface area contributed by atoms with Crippen LogP contribution in [0.4, 0.5) is 5.69 Å². The van der Waals surface area contributed by atoms with Gasteiger partial charge in [-0.15, -0.1) is 0 Å². The van der Waals surface area contributed by atoms with E-state index in [0.29, 0.717) is 5.69 Å². The van der Waals surface area contributed by atoms with Gasteiger partial charge in [0.2, 0.25) is 10.0 Å². The molecular weight excluding hydrogens is 460 g/mol. The lowest BCUT2D eigenvalue weighted by Gasteiger charge is -2.34. The Hall–Kier alpha value is -3.04. The van der Waals surface area contributed by atoms with Crippen molar-refractivity contribution >= 4 is 21.6 Å². The molecule has 184 valence electrons. The van der Waals surface area contributed by atoms with E-state index in [9.17, 15) is 13.2 Å². The van der Waals surface area contributed by atoms with E-state index in [1.807, 2.05) is 54.6 Å². The van der Waals surface area contributed by atoms with Crippen LogP contribution >= 0.6 is 0 Å². The third kappa shape index (κ3) is 6.99. The van der Waals surface area contributed by atoms with Gasteiger partial charge < -0.3 is 10.2 Å². The van der Waals surface area contributed by atoms with Gasteiger partial charge in [0.25, 0.3) is 5.91 Å². The van der Waals surface area contributed by atoms with Crippen molar-refractivity contribution in [3.8, 4) is 0 Å². The molecule has 2 N–H and O–H groups in total. The van der Waals surface area contributed by atoms with Gasteiger partial charge in [0.05, 0.1) is 4.90 Å². The summed E-state index contributed by atoms with van der Waals surface area (Å²) in [6.45, 7) is 8.68. The summed E-state index contributed by atoms with van der Waals surface area (Å²) in [7, 11) is -3.75. The molecule has 0 radical (unpaired) electrons. The summed E-state index contributed by atoms with van der Waals surface area (Å²) < 4.78 is 28.0. The number of piperazine rings is 1. The number of hydrogen-bond acceptors (Lipinski definition) is 5. The van der Waals surface area contributed by atoms with Gasteiger partial charge in [0.15, 0.2) is 0 Å². The molecule has 1 aliphatic heterocycles. The zero-order chi connectivity index (χ0) is 24.7. The summed E-state index contributed by atoms with van der Waals surface area (Å²) in [5, 5.41) is 2.86. The van der Waals surface area contributed by atoms with Crippen molar-refractivity contribution in [1.29, 1.82) is 0 Å². The highest BCUT2D eigenvalue weighted by Gasteiger charge is 2.17. The van der Waals surface area contributed by atoms with Crippen LogP contribution in [0, 0.1) is 0 Å². The van der Waals surface area contributed by atoms with E-state index in [2.05, 4.69) is 26.8 Å². The lowest BCUT2D eigenvalue weighted by molar-refractivity contribution is 0.102. The summed E-state index contributed by atoms with van der Waals surface area (Å²) in [6, 6.07) is 23.2. The standard InChI is InChI=1S/C27H32N4O3S/c1-2-30-15-17-31(18-16-30)21-23-11-13-25(14-12-23)29-27(32)24-9-6-10-26(19-24)35(33,34)28-20-22-7-4-3-5-8-22/h3-14,19,28H,2,15-18,20-21H2,1H3,(H,29,32). The number of anilines is 1. The fourth-order valence-corrected chi connectivity index (χ4v) is 5.14. The molecule has 0 unspecified atom stereocenters. The summed E-state index contributed by atoms with van der Waals surface area (Å²) in [6.07, 6.45) is 0. The van der Waals surface area contributed by atoms with Crippen LogP contribution in [0.15, 0.2) is 83.8 Å². The largest absolute Gasteiger partial charge is 0.322 e. The van der Waals surface area contributed by atoms with Crippen LogP contribution in [-0.4, -0.2) is 56.8 Å². The molecule has 3 aromatic rings. The van der Waals surface area contributed by atoms with Crippen molar-refractivity contribution < 1.29 is 13.2 Å². The molecule has 1 aliphatic rings. The maximum Gasteiger partial charge on any atom is 0.255 e. The molecule has 0 spiro atoms. The maximum atomic E-state index is 12.8. The number of amides is 1. The maximum absolute atomic E-state index is 12.8. The van der Waals surface area contributed by atoms with Crippen molar-refractivity contribution in [2.75, 3.05) is 38.0 Å². The van der Waals surface area contributed by atoms with Gasteiger partial charge in [0.1, 0.15) is 0 Å². The number of benzene rings is 3. The number of sulfonamides is 1. The highest BCUT2D eigenvalue weighted by molar-refractivity contribution is 7.89. The second-order valence-corrected chi connectivity index (χ2v) is 10.5. The molecule has 0 atom stereocenters. The number of carbonyl (C=O) groups excluding carboxylic acids is 1. The molecule has 0 saturated carbocycles. The molecule has 3 aromatic carbocycles. The van der Waals surface area contributed by atoms with Gasteiger partial charge in [-0.05, 0) is 48.0 Å². The van der Waals surface area contributed by atoms with Gasteiger partial charge in [-0.25, -0.2) is 13.1 Å². The Morgan fingerprint density at radius 2 is 1.51 bits per heavy atom. The lowest BCUT2D eigenvalue weighted by atomic mass is 10.1. The van der Waals surface area contributed by atoms with Crippen molar-refractivity contribution in [1.82, 2.24) is 14.5 Å². The minimum Gasteiger partial charge on any atom is -0.322 e. The number of rotatable bonds is 9. The normalized spacial score (nSPS) is 15.1. The van der Waals surface area contributed by atoms with Gasteiger partial charge in [-0.3, -0.25) is 9.69 Å². The zero-order valence-electron chi connectivity index (χ0n) is 20.0. The zero-order valence-corrected chi connectivity index (χ0v) is 20.8. The Kier molecular flexibility index (Phi) is 8.30. The van der Waals surface area contributed by atoms with E-state index in [4.69, 9.17) is 0 Å². The fraction of sp³-hybridized carbons (Fsp3) is 0.296. The summed E-state index contributed by atoms with van der Waals surface area (Å²) in [4.78, 5) is 17.7. The molecule has 0 bridgehead atoms. The number of likely N-dealkylation sites (N-methyl/N-ethyl adjacent to an activating group) is 1. The Labute approximate surface area is 207 Å². The van der Waals surface area contributed by atoms with Crippen LogP contribution in [-0.2, 0) is 23.1 Å². The first-order chi connectivity index (χ1) is 16.9. The minimum absolute atomic E-state index is 0.0552. The summed E-state index contributed by atoms with van der Waals surface area (Å²) in [5.41, 5.74) is 3.01. The van der Waals surface area contributed by atoms with Crippen LogP contribution in [0.2, 0.25) is 0 Å². The average Bonchev–Trinajstić information content (AvgIpc) is 2.90. The van der Waals surface area contributed by atoms with Gasteiger partial charge in [-0.1, -0.05) is 55.5 Å². The van der Waals surface area contributed by atoms with Crippen LogP contribution < -0.4 is 10.0 Å². The third-order valence-corrected chi connectivity index (χ3v) is 7.64. The van der Waals surface area contributed by atoms with Crippen molar-refractivity contribution in [3.05, 3.63) is 95.6 Å². The predicted molar refractivity (Wildman–Crippen MR) is 139 cm³/mol. The van der Waals surface area contributed by atoms with E-state index in [0.717, 1.165) is 44.8 Å². The Morgan fingerprint density at radius 1 is 0.829 bits per heavy atom. The summed E-state index contributed by atoms with van der Waals surface area (Å²) >= 11 is 0. The number of carbonyl (C=O) groups is 1. The first-order valence-electron chi connectivity index (χ1n) is 11.9. The van der Waals surface area contributed by atoms with Gasteiger partial charge >= 0.3 is 0 Å². The van der Waals surface area contributed by atoms with Crippen LogP contribution in [0.5, 0.6) is 0 Å². The lowest BCUT2D eigenvalue weighted by Crippen LogP contribution is -2.45. The minimum atomic E-state index is -3.75. The topological polar surface area (TPSA) is 81.8 Å².